The molecule has 116 valence electrons. The number of hydrogen-bond donors (Lipinski definition) is 1. The van der Waals surface area contributed by atoms with Crippen LogP contribution in [0.3, 0.4) is 0 Å². The lowest BCUT2D eigenvalue weighted by Gasteiger charge is -2.34. The summed E-state index contributed by atoms with van der Waals surface area (Å²) in [7, 11) is 0. The van der Waals surface area contributed by atoms with Gasteiger partial charge in [0.1, 0.15) is 5.82 Å². The molecule has 1 amide bonds. The summed E-state index contributed by atoms with van der Waals surface area (Å²) in [6.45, 7) is 2.95. The zero-order valence-corrected chi connectivity index (χ0v) is 12.9. The molecule has 2 aromatic rings. The molecular weight excluding hydrogens is 276 g/mol. The maximum atomic E-state index is 12.8. The predicted octanol–water partition coefficient (Wildman–Crippen LogP) is 2.86. The van der Waals surface area contributed by atoms with E-state index in [0.717, 1.165) is 31.5 Å². The summed E-state index contributed by atoms with van der Waals surface area (Å²) >= 11 is 0. The molecule has 2 N–H and O–H groups in total. The molecule has 0 spiro atoms. The molecule has 1 aliphatic rings. The first-order chi connectivity index (χ1) is 10.7. The number of hydrogen-bond acceptors (Lipinski definition) is 3. The minimum atomic E-state index is -0.00655. The first kappa shape index (κ1) is 14.6. The third-order valence-corrected chi connectivity index (χ3v) is 4.32. The average molecular weight is 298 g/mol. The number of amides is 1. The lowest BCUT2D eigenvalue weighted by molar-refractivity contribution is 0.0601. The van der Waals surface area contributed by atoms with Crippen LogP contribution in [-0.2, 0) is 0 Å². The Balaban J connectivity index is 1.88. The van der Waals surface area contributed by atoms with Gasteiger partial charge in [0.2, 0.25) is 0 Å². The summed E-state index contributed by atoms with van der Waals surface area (Å²) in [5, 5.41) is 4.42. The Morgan fingerprint density at radius 1 is 1.32 bits per heavy atom. The number of para-hydroxylation sites is 1. The van der Waals surface area contributed by atoms with Gasteiger partial charge >= 0.3 is 0 Å². The van der Waals surface area contributed by atoms with Crippen molar-refractivity contribution in [2.45, 2.75) is 38.6 Å². The smallest absolute Gasteiger partial charge is 0.274 e. The van der Waals surface area contributed by atoms with Crippen LogP contribution in [0.25, 0.3) is 5.69 Å². The van der Waals surface area contributed by atoms with Gasteiger partial charge in [0.15, 0.2) is 5.69 Å². The standard InChI is InChI=1S/C17H22N4O/c1-2-13-8-6-7-11-20(13)17(22)15-12-16(18)21(19-15)14-9-4-3-5-10-14/h3-5,9-10,12-13H,2,6-8,11,18H2,1H3. The molecule has 1 aliphatic heterocycles. The Hall–Kier alpha value is -2.30. The zero-order valence-electron chi connectivity index (χ0n) is 12.9. The van der Waals surface area contributed by atoms with E-state index in [2.05, 4.69) is 12.0 Å². The molecule has 1 aromatic carbocycles. The Labute approximate surface area is 130 Å². The van der Waals surface area contributed by atoms with Crippen molar-refractivity contribution in [3.8, 4) is 5.69 Å². The van der Waals surface area contributed by atoms with Crippen molar-refractivity contribution in [3.63, 3.8) is 0 Å². The molecule has 2 heterocycles. The van der Waals surface area contributed by atoms with E-state index in [9.17, 15) is 4.79 Å². The van der Waals surface area contributed by atoms with Gasteiger partial charge in [0.25, 0.3) is 5.91 Å². The van der Waals surface area contributed by atoms with Crippen LogP contribution in [0.5, 0.6) is 0 Å². The van der Waals surface area contributed by atoms with Crippen LogP contribution >= 0.6 is 0 Å². The first-order valence-corrected chi connectivity index (χ1v) is 7.92. The second kappa shape index (κ2) is 6.22. The normalized spacial score (nSPS) is 18.4. The fraction of sp³-hybridized carbons (Fsp3) is 0.412. The second-order valence-corrected chi connectivity index (χ2v) is 5.76. The van der Waals surface area contributed by atoms with Crippen molar-refractivity contribution in [2.24, 2.45) is 0 Å². The van der Waals surface area contributed by atoms with Crippen LogP contribution in [-0.4, -0.2) is 33.2 Å². The molecule has 1 unspecified atom stereocenters. The molecule has 5 heteroatoms. The van der Waals surface area contributed by atoms with Gasteiger partial charge in [-0.2, -0.15) is 5.10 Å². The Bertz CT molecular complexity index is 650. The quantitative estimate of drug-likeness (QED) is 0.947. The van der Waals surface area contributed by atoms with Crippen LogP contribution in [0.4, 0.5) is 5.82 Å². The first-order valence-electron chi connectivity index (χ1n) is 7.92. The SMILES string of the molecule is CCC1CCCCN1C(=O)c1cc(N)n(-c2ccccc2)n1. The van der Waals surface area contributed by atoms with E-state index in [0.29, 0.717) is 17.6 Å². The number of benzene rings is 1. The molecule has 3 rings (SSSR count). The lowest BCUT2D eigenvalue weighted by atomic mass is 9.99. The number of nitrogens with zero attached hydrogens (tertiary/aromatic N) is 3. The number of carbonyl (C=O) groups excluding carboxylic acids is 1. The van der Waals surface area contributed by atoms with Crippen LogP contribution < -0.4 is 5.73 Å². The Morgan fingerprint density at radius 2 is 2.09 bits per heavy atom. The number of anilines is 1. The van der Waals surface area contributed by atoms with Crippen LogP contribution in [0.2, 0.25) is 0 Å². The van der Waals surface area contributed by atoms with E-state index in [4.69, 9.17) is 5.73 Å². The van der Waals surface area contributed by atoms with Gasteiger partial charge in [-0.1, -0.05) is 25.1 Å². The fourth-order valence-electron chi connectivity index (χ4n) is 3.12. The van der Waals surface area contributed by atoms with E-state index in [1.165, 1.54) is 6.42 Å². The number of carbonyl (C=O) groups is 1. The minimum Gasteiger partial charge on any atom is -0.384 e. The summed E-state index contributed by atoms with van der Waals surface area (Å²) in [5.74, 6) is 0.479. The fourth-order valence-corrected chi connectivity index (χ4v) is 3.12. The molecule has 22 heavy (non-hydrogen) atoms. The maximum Gasteiger partial charge on any atom is 0.274 e. The molecule has 1 atom stereocenters. The van der Waals surface area contributed by atoms with Gasteiger partial charge in [-0.05, 0) is 37.8 Å². The molecule has 1 saturated heterocycles. The van der Waals surface area contributed by atoms with Crippen molar-refractivity contribution in [3.05, 3.63) is 42.1 Å². The van der Waals surface area contributed by atoms with Crippen molar-refractivity contribution >= 4 is 11.7 Å². The number of piperidine rings is 1. The monoisotopic (exact) mass is 298 g/mol. The predicted molar refractivity (Wildman–Crippen MR) is 86.9 cm³/mol. The third-order valence-electron chi connectivity index (χ3n) is 4.32. The number of aromatic nitrogens is 2. The van der Waals surface area contributed by atoms with E-state index in [1.807, 2.05) is 35.2 Å². The zero-order chi connectivity index (χ0) is 15.5. The van der Waals surface area contributed by atoms with Crippen LogP contribution in [0.1, 0.15) is 43.1 Å². The number of nitrogen functional groups attached to an aromatic ring is 1. The average Bonchev–Trinajstić information content (AvgIpc) is 2.97. The van der Waals surface area contributed by atoms with Gasteiger partial charge in [0.05, 0.1) is 5.69 Å². The highest BCUT2D eigenvalue weighted by molar-refractivity contribution is 5.93. The van der Waals surface area contributed by atoms with Gasteiger partial charge in [-0.15, -0.1) is 0 Å². The van der Waals surface area contributed by atoms with E-state index < -0.39 is 0 Å². The van der Waals surface area contributed by atoms with E-state index in [-0.39, 0.29) is 5.91 Å². The topological polar surface area (TPSA) is 64.2 Å². The molecule has 0 aliphatic carbocycles. The highest BCUT2D eigenvalue weighted by atomic mass is 16.2. The second-order valence-electron chi connectivity index (χ2n) is 5.76. The molecule has 0 saturated carbocycles. The Morgan fingerprint density at radius 3 is 2.82 bits per heavy atom. The highest BCUT2D eigenvalue weighted by Crippen LogP contribution is 2.23. The summed E-state index contributed by atoms with van der Waals surface area (Å²) < 4.78 is 1.62. The third kappa shape index (κ3) is 2.71. The molecular formula is C17H22N4O. The van der Waals surface area contributed by atoms with Crippen molar-refractivity contribution in [1.29, 1.82) is 0 Å². The minimum absolute atomic E-state index is 0.00655. The van der Waals surface area contributed by atoms with Gasteiger partial charge in [-0.3, -0.25) is 4.79 Å². The van der Waals surface area contributed by atoms with Gasteiger partial charge in [-0.25, -0.2) is 4.68 Å². The van der Waals surface area contributed by atoms with Crippen molar-refractivity contribution < 1.29 is 4.79 Å². The number of nitrogens with two attached hydrogens (primary N) is 1. The molecule has 5 nitrogen and oxygen atoms in total. The molecule has 1 fully saturated rings. The van der Waals surface area contributed by atoms with Gasteiger partial charge < -0.3 is 10.6 Å². The number of likely N-dealkylation sites (tertiary alicyclic amines) is 1. The summed E-state index contributed by atoms with van der Waals surface area (Å²) in [5.41, 5.74) is 7.34. The summed E-state index contributed by atoms with van der Waals surface area (Å²) in [6.07, 6.45) is 4.33. The van der Waals surface area contributed by atoms with Gasteiger partial charge in [0, 0.05) is 18.7 Å². The Kier molecular flexibility index (Phi) is 4.13. The number of rotatable bonds is 3. The molecule has 1 aromatic heterocycles. The van der Waals surface area contributed by atoms with E-state index in [1.54, 1.807) is 10.7 Å². The van der Waals surface area contributed by atoms with E-state index >= 15 is 0 Å². The molecule has 0 bridgehead atoms. The largest absolute Gasteiger partial charge is 0.384 e. The molecule has 0 radical (unpaired) electrons. The summed E-state index contributed by atoms with van der Waals surface area (Å²) in [4.78, 5) is 14.7. The van der Waals surface area contributed by atoms with Crippen LogP contribution in [0.15, 0.2) is 36.4 Å². The maximum absolute atomic E-state index is 12.8. The van der Waals surface area contributed by atoms with Crippen LogP contribution in [0, 0.1) is 0 Å². The highest BCUT2D eigenvalue weighted by Gasteiger charge is 2.28. The van der Waals surface area contributed by atoms with Crippen molar-refractivity contribution in [2.75, 3.05) is 12.3 Å². The van der Waals surface area contributed by atoms with Crippen molar-refractivity contribution in [1.82, 2.24) is 14.7 Å². The summed E-state index contributed by atoms with van der Waals surface area (Å²) in [6, 6.07) is 11.6. The lowest BCUT2D eigenvalue weighted by Crippen LogP contribution is -2.43.